The molecule has 0 bridgehead atoms. The van der Waals surface area contributed by atoms with Gasteiger partial charge in [0.05, 0.1) is 6.54 Å². The van der Waals surface area contributed by atoms with Crippen molar-refractivity contribution in [3.63, 3.8) is 0 Å². The summed E-state index contributed by atoms with van der Waals surface area (Å²) in [5, 5.41) is 3.43. The number of hydrogen-bond donors (Lipinski definition) is 1. The predicted molar refractivity (Wildman–Crippen MR) is 82.8 cm³/mol. The van der Waals surface area contributed by atoms with Crippen molar-refractivity contribution in [3.05, 3.63) is 53.6 Å². The van der Waals surface area contributed by atoms with Gasteiger partial charge in [-0.3, -0.25) is 0 Å². The number of nitrogens with zero attached hydrogens (tertiary/aromatic N) is 3. The fraction of sp³-hybridized carbons (Fsp3) is 0.438. The summed E-state index contributed by atoms with van der Waals surface area (Å²) in [5.74, 6) is 1.09. The summed E-state index contributed by atoms with van der Waals surface area (Å²) in [4.78, 5) is 6.61. The maximum atomic E-state index is 4.43. The van der Waals surface area contributed by atoms with Crippen molar-refractivity contribution >= 4 is 0 Å². The van der Waals surface area contributed by atoms with Crippen LogP contribution in [0.15, 0.2) is 36.7 Å². The van der Waals surface area contributed by atoms with E-state index in [0.29, 0.717) is 0 Å². The molecule has 2 rings (SSSR count). The SMILES string of the molecule is Cc1ccc(Cn2ccnc2CNCCN(C)C)cc1. The lowest BCUT2D eigenvalue weighted by atomic mass is 10.1. The molecule has 1 aromatic carbocycles. The number of aryl methyl sites for hydroxylation is 1. The molecule has 1 N–H and O–H groups in total. The van der Waals surface area contributed by atoms with E-state index in [9.17, 15) is 0 Å². The second kappa shape index (κ2) is 7.22. The molecule has 1 aromatic heterocycles. The van der Waals surface area contributed by atoms with E-state index in [0.717, 1.165) is 32.0 Å². The van der Waals surface area contributed by atoms with Crippen molar-refractivity contribution in [1.29, 1.82) is 0 Å². The molecule has 0 spiro atoms. The minimum absolute atomic E-state index is 0.812. The molecule has 0 saturated heterocycles. The van der Waals surface area contributed by atoms with Crippen molar-refractivity contribution in [2.75, 3.05) is 27.2 Å². The Kier molecular flexibility index (Phi) is 5.32. The first kappa shape index (κ1) is 14.8. The molecule has 108 valence electrons. The van der Waals surface area contributed by atoms with Gasteiger partial charge in [-0.05, 0) is 26.6 Å². The molecule has 0 radical (unpaired) electrons. The van der Waals surface area contributed by atoms with Crippen molar-refractivity contribution < 1.29 is 0 Å². The third-order valence-electron chi connectivity index (χ3n) is 3.29. The summed E-state index contributed by atoms with van der Waals surface area (Å²) in [6.07, 6.45) is 3.92. The van der Waals surface area contributed by atoms with Crippen LogP contribution in [0.1, 0.15) is 17.0 Å². The zero-order chi connectivity index (χ0) is 14.4. The van der Waals surface area contributed by atoms with Crippen LogP contribution < -0.4 is 5.32 Å². The second-order valence-corrected chi connectivity index (χ2v) is 5.44. The molecular formula is C16H24N4. The molecule has 4 heteroatoms. The molecule has 0 unspecified atom stereocenters. The van der Waals surface area contributed by atoms with Gasteiger partial charge in [0.15, 0.2) is 0 Å². The Hall–Kier alpha value is -1.65. The highest BCUT2D eigenvalue weighted by Gasteiger charge is 2.03. The summed E-state index contributed by atoms with van der Waals surface area (Å²) >= 11 is 0. The van der Waals surface area contributed by atoms with Crippen LogP contribution in [0.5, 0.6) is 0 Å². The zero-order valence-electron chi connectivity index (χ0n) is 12.6. The van der Waals surface area contributed by atoms with Gasteiger partial charge in [-0.15, -0.1) is 0 Å². The maximum Gasteiger partial charge on any atom is 0.122 e. The van der Waals surface area contributed by atoms with Gasteiger partial charge in [0.25, 0.3) is 0 Å². The first-order valence-corrected chi connectivity index (χ1v) is 7.06. The molecular weight excluding hydrogens is 248 g/mol. The molecule has 0 atom stereocenters. The molecule has 0 aliphatic heterocycles. The average Bonchev–Trinajstić information content (AvgIpc) is 2.85. The number of imidazole rings is 1. The standard InChI is InChI=1S/C16H24N4/c1-14-4-6-15(7-5-14)13-20-11-9-18-16(20)12-17-8-10-19(2)3/h4-7,9,11,17H,8,10,12-13H2,1-3H3. The summed E-state index contributed by atoms with van der Waals surface area (Å²) in [6.45, 7) is 5.82. The Morgan fingerprint density at radius 1 is 1.20 bits per heavy atom. The van der Waals surface area contributed by atoms with Crippen LogP contribution in [0, 0.1) is 6.92 Å². The van der Waals surface area contributed by atoms with Crippen LogP contribution in [-0.4, -0.2) is 41.6 Å². The molecule has 0 saturated carbocycles. The van der Waals surface area contributed by atoms with Gasteiger partial charge in [0.1, 0.15) is 5.82 Å². The molecule has 0 fully saturated rings. The quantitative estimate of drug-likeness (QED) is 0.781. The highest BCUT2D eigenvalue weighted by atomic mass is 15.1. The fourth-order valence-corrected chi connectivity index (χ4v) is 2.04. The number of likely N-dealkylation sites (N-methyl/N-ethyl adjacent to an activating group) is 1. The minimum atomic E-state index is 0.812. The minimum Gasteiger partial charge on any atom is -0.329 e. The topological polar surface area (TPSA) is 33.1 Å². The lowest BCUT2D eigenvalue weighted by Crippen LogP contribution is -2.27. The largest absolute Gasteiger partial charge is 0.329 e. The summed E-state index contributed by atoms with van der Waals surface area (Å²) < 4.78 is 2.20. The van der Waals surface area contributed by atoms with Crippen LogP contribution in [0.4, 0.5) is 0 Å². The smallest absolute Gasteiger partial charge is 0.122 e. The van der Waals surface area contributed by atoms with E-state index in [1.54, 1.807) is 0 Å². The van der Waals surface area contributed by atoms with E-state index >= 15 is 0 Å². The van der Waals surface area contributed by atoms with Crippen molar-refractivity contribution in [1.82, 2.24) is 19.8 Å². The van der Waals surface area contributed by atoms with Crippen LogP contribution in [0.3, 0.4) is 0 Å². The van der Waals surface area contributed by atoms with E-state index < -0.39 is 0 Å². The molecule has 0 aliphatic carbocycles. The number of nitrogens with one attached hydrogen (secondary N) is 1. The van der Waals surface area contributed by atoms with Crippen LogP contribution in [-0.2, 0) is 13.1 Å². The van der Waals surface area contributed by atoms with Crippen molar-refractivity contribution in [2.24, 2.45) is 0 Å². The van der Waals surface area contributed by atoms with E-state index in [2.05, 4.69) is 65.1 Å². The summed E-state index contributed by atoms with van der Waals surface area (Å²) in [6, 6.07) is 8.67. The summed E-state index contributed by atoms with van der Waals surface area (Å²) in [5.41, 5.74) is 2.60. The Balaban J connectivity index is 1.89. The van der Waals surface area contributed by atoms with E-state index in [1.807, 2.05) is 12.4 Å². The number of benzene rings is 1. The third-order valence-corrected chi connectivity index (χ3v) is 3.29. The van der Waals surface area contributed by atoms with Gasteiger partial charge in [-0.2, -0.15) is 0 Å². The highest BCUT2D eigenvalue weighted by molar-refractivity contribution is 5.21. The fourth-order valence-electron chi connectivity index (χ4n) is 2.04. The van der Waals surface area contributed by atoms with Crippen molar-refractivity contribution in [3.8, 4) is 0 Å². The van der Waals surface area contributed by atoms with Gasteiger partial charge < -0.3 is 14.8 Å². The Bertz CT molecular complexity index is 514. The van der Waals surface area contributed by atoms with Crippen LogP contribution in [0.25, 0.3) is 0 Å². The lowest BCUT2D eigenvalue weighted by Gasteiger charge is -2.11. The van der Waals surface area contributed by atoms with E-state index in [1.165, 1.54) is 11.1 Å². The van der Waals surface area contributed by atoms with Gasteiger partial charge in [-0.25, -0.2) is 4.98 Å². The zero-order valence-corrected chi connectivity index (χ0v) is 12.6. The number of aromatic nitrogens is 2. The monoisotopic (exact) mass is 272 g/mol. The Labute approximate surface area is 121 Å². The molecule has 1 heterocycles. The Morgan fingerprint density at radius 2 is 1.95 bits per heavy atom. The van der Waals surface area contributed by atoms with Gasteiger partial charge in [0.2, 0.25) is 0 Å². The van der Waals surface area contributed by atoms with Gasteiger partial charge in [0, 0.05) is 32.0 Å². The molecule has 0 amide bonds. The number of hydrogen-bond acceptors (Lipinski definition) is 3. The second-order valence-electron chi connectivity index (χ2n) is 5.44. The average molecular weight is 272 g/mol. The summed E-state index contributed by atoms with van der Waals surface area (Å²) in [7, 11) is 4.17. The molecule has 2 aromatic rings. The maximum absolute atomic E-state index is 4.43. The third kappa shape index (κ3) is 4.47. The van der Waals surface area contributed by atoms with Gasteiger partial charge >= 0.3 is 0 Å². The Morgan fingerprint density at radius 3 is 2.65 bits per heavy atom. The van der Waals surface area contributed by atoms with E-state index in [-0.39, 0.29) is 0 Å². The molecule has 20 heavy (non-hydrogen) atoms. The first-order valence-electron chi connectivity index (χ1n) is 7.06. The number of rotatable bonds is 7. The van der Waals surface area contributed by atoms with Crippen LogP contribution >= 0.6 is 0 Å². The van der Waals surface area contributed by atoms with Crippen LogP contribution in [0.2, 0.25) is 0 Å². The normalized spacial score (nSPS) is 11.2. The first-order chi connectivity index (χ1) is 9.65. The molecule has 0 aliphatic rings. The lowest BCUT2D eigenvalue weighted by molar-refractivity contribution is 0.398. The highest BCUT2D eigenvalue weighted by Crippen LogP contribution is 2.07. The predicted octanol–water partition coefficient (Wildman–Crippen LogP) is 1.89. The van der Waals surface area contributed by atoms with Gasteiger partial charge in [-0.1, -0.05) is 29.8 Å². The molecule has 4 nitrogen and oxygen atoms in total. The van der Waals surface area contributed by atoms with E-state index in [4.69, 9.17) is 0 Å². The van der Waals surface area contributed by atoms with Crippen molar-refractivity contribution in [2.45, 2.75) is 20.0 Å².